The van der Waals surface area contributed by atoms with Gasteiger partial charge in [0.25, 0.3) is 5.91 Å². The van der Waals surface area contributed by atoms with Crippen LogP contribution in [0.3, 0.4) is 0 Å². The van der Waals surface area contributed by atoms with E-state index in [1.54, 1.807) is 11.3 Å². The smallest absolute Gasteiger partial charge is 0.253 e. The highest BCUT2D eigenvalue weighted by Gasteiger charge is 2.10. The number of aryl methyl sites for hydroxylation is 1. The lowest BCUT2D eigenvalue weighted by atomic mass is 10.2. The lowest BCUT2D eigenvalue weighted by Crippen LogP contribution is -2.23. The number of pyridine rings is 1. The number of hydrogen-bond acceptors (Lipinski definition) is 4. The summed E-state index contributed by atoms with van der Waals surface area (Å²) in [5, 5.41) is 5.17. The van der Waals surface area contributed by atoms with Gasteiger partial charge in [-0.1, -0.05) is 18.5 Å². The van der Waals surface area contributed by atoms with Gasteiger partial charge in [0, 0.05) is 11.1 Å². The normalized spacial score (nSPS) is 10.4. The number of hydrogen-bond donors (Lipinski definition) is 2. The van der Waals surface area contributed by atoms with E-state index in [1.807, 2.05) is 5.38 Å². The molecule has 0 unspecified atom stereocenters. The van der Waals surface area contributed by atoms with Crippen molar-refractivity contribution in [2.24, 2.45) is 0 Å². The minimum atomic E-state index is -0.204. The maximum atomic E-state index is 12.0. The van der Waals surface area contributed by atoms with Crippen LogP contribution >= 0.6 is 22.9 Å². The predicted molar refractivity (Wildman–Crippen MR) is 78.5 cm³/mol. The third-order valence-electron chi connectivity index (χ3n) is 2.76. The fraction of sp³-hybridized carbons (Fsp3) is 0.231. The van der Waals surface area contributed by atoms with Crippen molar-refractivity contribution in [1.29, 1.82) is 0 Å². The topological polar surface area (TPSA) is 68.0 Å². The van der Waals surface area contributed by atoms with Crippen LogP contribution < -0.4 is 11.1 Å². The van der Waals surface area contributed by atoms with Crippen molar-refractivity contribution in [2.45, 2.75) is 19.9 Å². The van der Waals surface area contributed by atoms with E-state index in [0.717, 1.165) is 6.42 Å². The summed E-state index contributed by atoms with van der Waals surface area (Å²) in [5.74, 6) is 0.0228. The van der Waals surface area contributed by atoms with E-state index in [2.05, 4.69) is 23.3 Å². The van der Waals surface area contributed by atoms with Crippen molar-refractivity contribution in [3.8, 4) is 0 Å². The minimum absolute atomic E-state index is 0.204. The van der Waals surface area contributed by atoms with Gasteiger partial charge in [0.1, 0.15) is 5.82 Å². The Bertz CT molecular complexity index is 597. The third-order valence-corrected chi connectivity index (χ3v) is 4.03. The molecule has 19 heavy (non-hydrogen) atoms. The molecular formula is C13H14ClN3OS. The van der Waals surface area contributed by atoms with Gasteiger partial charge in [-0.2, -0.15) is 0 Å². The zero-order chi connectivity index (χ0) is 13.8. The first kappa shape index (κ1) is 13.8. The van der Waals surface area contributed by atoms with E-state index in [0.29, 0.717) is 12.1 Å². The maximum Gasteiger partial charge on any atom is 0.253 e. The Morgan fingerprint density at radius 2 is 2.37 bits per heavy atom. The molecule has 0 aliphatic carbocycles. The summed E-state index contributed by atoms with van der Waals surface area (Å²) in [6, 6.07) is 3.60. The van der Waals surface area contributed by atoms with Gasteiger partial charge in [-0.3, -0.25) is 4.79 Å². The molecule has 2 heterocycles. The molecule has 2 aromatic heterocycles. The molecule has 6 heteroatoms. The monoisotopic (exact) mass is 295 g/mol. The number of rotatable bonds is 4. The number of anilines is 1. The number of nitrogens with zero attached hydrogens (tertiary/aromatic N) is 1. The molecule has 0 saturated heterocycles. The summed E-state index contributed by atoms with van der Waals surface area (Å²) < 4.78 is 0. The van der Waals surface area contributed by atoms with Crippen molar-refractivity contribution in [2.75, 3.05) is 5.73 Å². The van der Waals surface area contributed by atoms with E-state index in [4.69, 9.17) is 17.3 Å². The van der Waals surface area contributed by atoms with Gasteiger partial charge in [0.2, 0.25) is 0 Å². The van der Waals surface area contributed by atoms with Gasteiger partial charge in [-0.05, 0) is 29.5 Å². The molecule has 0 atom stereocenters. The molecule has 100 valence electrons. The van der Waals surface area contributed by atoms with Gasteiger partial charge in [0.15, 0.2) is 0 Å². The van der Waals surface area contributed by atoms with E-state index < -0.39 is 0 Å². The highest BCUT2D eigenvalue weighted by atomic mass is 35.5. The molecule has 0 fully saturated rings. The SMILES string of the molecule is CCc1ccsc1CNC(=O)c1cnc(N)c(Cl)c1. The summed E-state index contributed by atoms with van der Waals surface area (Å²) in [4.78, 5) is 17.0. The second-order valence-electron chi connectivity index (χ2n) is 4.00. The van der Waals surface area contributed by atoms with Crippen molar-refractivity contribution < 1.29 is 4.79 Å². The summed E-state index contributed by atoms with van der Waals surface area (Å²) in [7, 11) is 0. The lowest BCUT2D eigenvalue weighted by Gasteiger charge is -2.06. The van der Waals surface area contributed by atoms with E-state index in [9.17, 15) is 4.79 Å². The summed E-state index contributed by atoms with van der Waals surface area (Å²) >= 11 is 7.48. The number of halogens is 1. The Labute approximate surface area is 120 Å². The summed E-state index contributed by atoms with van der Waals surface area (Å²) in [5.41, 5.74) is 7.18. The highest BCUT2D eigenvalue weighted by molar-refractivity contribution is 7.10. The number of carbonyl (C=O) groups is 1. The summed E-state index contributed by atoms with van der Waals surface area (Å²) in [6.45, 7) is 2.61. The van der Waals surface area contributed by atoms with Gasteiger partial charge in [0.05, 0.1) is 17.1 Å². The minimum Gasteiger partial charge on any atom is -0.382 e. The van der Waals surface area contributed by atoms with E-state index in [-0.39, 0.29) is 16.7 Å². The first-order valence-electron chi connectivity index (χ1n) is 5.86. The number of nitrogens with two attached hydrogens (primary N) is 1. The number of nitrogens with one attached hydrogen (secondary N) is 1. The fourth-order valence-electron chi connectivity index (χ4n) is 1.67. The third kappa shape index (κ3) is 3.24. The molecule has 0 spiro atoms. The quantitative estimate of drug-likeness (QED) is 0.911. The highest BCUT2D eigenvalue weighted by Crippen LogP contribution is 2.18. The number of carbonyl (C=O) groups excluding carboxylic acids is 1. The zero-order valence-electron chi connectivity index (χ0n) is 10.4. The van der Waals surface area contributed by atoms with Crippen LogP contribution in [0.5, 0.6) is 0 Å². The molecule has 4 nitrogen and oxygen atoms in total. The average molecular weight is 296 g/mol. The Hall–Kier alpha value is -1.59. The molecular weight excluding hydrogens is 282 g/mol. The van der Waals surface area contributed by atoms with Crippen LogP contribution in [0.25, 0.3) is 0 Å². The fourth-order valence-corrected chi connectivity index (χ4v) is 2.75. The first-order chi connectivity index (χ1) is 9.11. The molecule has 1 amide bonds. The zero-order valence-corrected chi connectivity index (χ0v) is 12.0. The lowest BCUT2D eigenvalue weighted by molar-refractivity contribution is 0.0951. The van der Waals surface area contributed by atoms with Crippen LogP contribution in [0.1, 0.15) is 27.7 Å². The van der Waals surface area contributed by atoms with E-state index >= 15 is 0 Å². The molecule has 0 aliphatic heterocycles. The second-order valence-corrected chi connectivity index (χ2v) is 5.40. The molecule has 3 N–H and O–H groups in total. The largest absolute Gasteiger partial charge is 0.382 e. The molecule has 0 aliphatic rings. The van der Waals surface area contributed by atoms with Crippen LogP contribution in [0.15, 0.2) is 23.7 Å². The van der Waals surface area contributed by atoms with Crippen LogP contribution in [0, 0.1) is 0 Å². The van der Waals surface area contributed by atoms with Crippen molar-refractivity contribution in [1.82, 2.24) is 10.3 Å². The molecule has 2 rings (SSSR count). The number of thiophene rings is 1. The molecule has 0 saturated carbocycles. The van der Waals surface area contributed by atoms with Crippen LogP contribution in [0.2, 0.25) is 5.02 Å². The van der Waals surface area contributed by atoms with Gasteiger partial charge >= 0.3 is 0 Å². The number of amides is 1. The Balaban J connectivity index is 2.03. The van der Waals surface area contributed by atoms with Crippen LogP contribution in [-0.4, -0.2) is 10.9 Å². The Kier molecular flexibility index (Phi) is 4.39. The number of aromatic nitrogens is 1. The van der Waals surface area contributed by atoms with Crippen molar-refractivity contribution >= 4 is 34.7 Å². The standard InChI is InChI=1S/C13H14ClN3OS/c1-2-8-3-4-19-11(8)7-17-13(18)9-5-10(14)12(15)16-6-9/h3-6H,2,7H2,1H3,(H2,15,16)(H,17,18). The maximum absolute atomic E-state index is 12.0. The van der Waals surface area contributed by atoms with Crippen molar-refractivity contribution in [3.63, 3.8) is 0 Å². The predicted octanol–water partition coefficient (Wildman–Crippen LogP) is 2.87. The molecule has 0 aromatic carbocycles. The molecule has 0 bridgehead atoms. The average Bonchev–Trinajstić information content (AvgIpc) is 2.86. The summed E-state index contributed by atoms with van der Waals surface area (Å²) in [6.07, 6.45) is 2.38. The first-order valence-corrected chi connectivity index (χ1v) is 7.12. The van der Waals surface area contributed by atoms with Gasteiger partial charge in [-0.15, -0.1) is 11.3 Å². The molecule has 2 aromatic rings. The van der Waals surface area contributed by atoms with Crippen LogP contribution in [-0.2, 0) is 13.0 Å². The van der Waals surface area contributed by atoms with Crippen LogP contribution in [0.4, 0.5) is 5.82 Å². The Morgan fingerprint density at radius 3 is 3.05 bits per heavy atom. The Morgan fingerprint density at radius 1 is 1.58 bits per heavy atom. The van der Waals surface area contributed by atoms with Gasteiger partial charge in [-0.25, -0.2) is 4.98 Å². The van der Waals surface area contributed by atoms with Crippen molar-refractivity contribution in [3.05, 3.63) is 44.7 Å². The number of nitrogen functional groups attached to an aromatic ring is 1. The van der Waals surface area contributed by atoms with E-state index in [1.165, 1.54) is 22.7 Å². The molecule has 0 radical (unpaired) electrons. The second kappa shape index (κ2) is 6.04. The van der Waals surface area contributed by atoms with Gasteiger partial charge < -0.3 is 11.1 Å².